The summed E-state index contributed by atoms with van der Waals surface area (Å²) in [5.74, 6) is -1.81. The van der Waals surface area contributed by atoms with Crippen LogP contribution in [0.4, 0.5) is 5.82 Å². The van der Waals surface area contributed by atoms with Gasteiger partial charge in [0.25, 0.3) is 0 Å². The van der Waals surface area contributed by atoms with E-state index < -0.39 is 40.5 Å². The lowest BCUT2D eigenvalue weighted by atomic mass is 9.70. The molecule has 10 nitrogen and oxygen atoms in total. The Morgan fingerprint density at radius 3 is 2.65 bits per heavy atom. The molecule has 0 unspecified atom stereocenters. The lowest BCUT2D eigenvalue weighted by molar-refractivity contribution is -0.146. The first-order valence-electron chi connectivity index (χ1n) is 11.8. The Kier molecular flexibility index (Phi) is 5.18. The van der Waals surface area contributed by atoms with E-state index in [4.69, 9.17) is 14.0 Å². The van der Waals surface area contributed by atoms with Gasteiger partial charge in [0.15, 0.2) is 5.82 Å². The van der Waals surface area contributed by atoms with Crippen LogP contribution in [0.15, 0.2) is 22.7 Å². The summed E-state index contributed by atoms with van der Waals surface area (Å²) >= 11 is 0. The van der Waals surface area contributed by atoms with E-state index >= 15 is 0 Å². The summed E-state index contributed by atoms with van der Waals surface area (Å²) in [4.78, 5) is 42.5. The van der Waals surface area contributed by atoms with Crippen molar-refractivity contribution in [3.63, 3.8) is 0 Å². The van der Waals surface area contributed by atoms with Gasteiger partial charge >= 0.3 is 0 Å². The first kappa shape index (κ1) is 23.0. The zero-order valence-corrected chi connectivity index (χ0v) is 20.2. The van der Waals surface area contributed by atoms with Crippen molar-refractivity contribution >= 4 is 23.5 Å². The summed E-state index contributed by atoms with van der Waals surface area (Å²) in [6.45, 7) is 10.1. The molecule has 2 N–H and O–H groups in total. The molecule has 5 rings (SSSR count). The van der Waals surface area contributed by atoms with Crippen LogP contribution in [-0.2, 0) is 23.9 Å². The smallest absolute Gasteiger partial charge is 0.246 e. The number of aromatic nitrogens is 1. The molecule has 3 amide bonds. The number of nitrogens with zero attached hydrogens (tertiary/aromatic N) is 2. The Balaban J connectivity index is 1.51. The number of fused-ring (bicyclic) bond motifs is 1. The highest BCUT2D eigenvalue weighted by atomic mass is 16.5. The monoisotopic (exact) mass is 472 g/mol. The third-order valence-corrected chi connectivity index (χ3v) is 7.13. The van der Waals surface area contributed by atoms with Crippen molar-refractivity contribution in [1.29, 1.82) is 0 Å². The van der Waals surface area contributed by atoms with Gasteiger partial charge in [-0.05, 0) is 47.5 Å². The van der Waals surface area contributed by atoms with Gasteiger partial charge in [-0.2, -0.15) is 0 Å². The molecule has 1 aromatic heterocycles. The number of aryl methyl sites for hydroxylation is 1. The largest absolute Gasteiger partial charge is 0.376 e. The SMILES string of the molecule is Cc1cc(NC(=O)[C@@H]2[C@@H]3C(=O)N(C[C@@H]4CCCO4)[C@H](C(=O)NC(C)(C)C)[C@@]34C=C[C@@]2(C)O4)no1. The molecule has 0 radical (unpaired) electrons. The summed E-state index contributed by atoms with van der Waals surface area (Å²) in [6.07, 6.45) is 5.20. The number of carbonyl (C=O) groups is 3. The van der Waals surface area contributed by atoms with Crippen LogP contribution >= 0.6 is 0 Å². The Morgan fingerprint density at radius 2 is 2.03 bits per heavy atom. The number of rotatable bonds is 5. The highest BCUT2D eigenvalue weighted by Crippen LogP contribution is 2.59. The zero-order chi connectivity index (χ0) is 24.5. The first-order valence-corrected chi connectivity index (χ1v) is 11.8. The Bertz CT molecular complexity index is 1050. The Morgan fingerprint density at radius 1 is 1.26 bits per heavy atom. The summed E-state index contributed by atoms with van der Waals surface area (Å²) in [7, 11) is 0. The van der Waals surface area contributed by atoms with Crippen LogP contribution < -0.4 is 10.6 Å². The number of amides is 3. The molecule has 0 aliphatic carbocycles. The van der Waals surface area contributed by atoms with Gasteiger partial charge in [0.05, 0.1) is 23.5 Å². The normalized spacial score (nSPS) is 36.3. The maximum Gasteiger partial charge on any atom is 0.246 e. The molecule has 4 aliphatic rings. The number of likely N-dealkylation sites (tertiary alicyclic amines) is 1. The van der Waals surface area contributed by atoms with E-state index in [9.17, 15) is 14.4 Å². The van der Waals surface area contributed by atoms with Gasteiger partial charge in [-0.25, -0.2) is 0 Å². The maximum atomic E-state index is 13.9. The number of anilines is 1. The molecule has 1 aromatic rings. The maximum absolute atomic E-state index is 13.9. The van der Waals surface area contributed by atoms with Crippen LogP contribution in [-0.4, -0.2) is 69.8 Å². The topological polar surface area (TPSA) is 123 Å². The average molecular weight is 473 g/mol. The fourth-order valence-corrected chi connectivity index (χ4v) is 5.90. The fraction of sp³-hybridized carbons (Fsp3) is 0.667. The van der Waals surface area contributed by atoms with E-state index in [0.717, 1.165) is 12.8 Å². The minimum Gasteiger partial charge on any atom is -0.376 e. The lowest BCUT2D eigenvalue weighted by Crippen LogP contribution is -2.58. The second-order valence-corrected chi connectivity index (χ2v) is 11.0. The zero-order valence-electron chi connectivity index (χ0n) is 20.2. The molecule has 4 aliphatic heterocycles. The highest BCUT2D eigenvalue weighted by Gasteiger charge is 2.76. The third kappa shape index (κ3) is 3.54. The minimum absolute atomic E-state index is 0.147. The average Bonchev–Trinajstić information content (AvgIpc) is 3.50. The van der Waals surface area contributed by atoms with Crippen molar-refractivity contribution in [2.45, 2.75) is 76.3 Å². The van der Waals surface area contributed by atoms with Crippen molar-refractivity contribution in [2.75, 3.05) is 18.5 Å². The van der Waals surface area contributed by atoms with Crippen LogP contribution in [0, 0.1) is 18.8 Å². The number of nitrogens with one attached hydrogen (secondary N) is 2. The first-order chi connectivity index (χ1) is 15.9. The fourth-order valence-electron chi connectivity index (χ4n) is 5.90. The molecule has 34 heavy (non-hydrogen) atoms. The molecular formula is C24H32N4O6. The highest BCUT2D eigenvalue weighted by molar-refractivity contribution is 6.03. The second-order valence-electron chi connectivity index (χ2n) is 11.0. The minimum atomic E-state index is -1.23. The van der Waals surface area contributed by atoms with Gasteiger partial charge in [0, 0.05) is 24.8 Å². The summed E-state index contributed by atoms with van der Waals surface area (Å²) in [5, 5.41) is 9.62. The van der Waals surface area contributed by atoms with E-state index in [1.165, 1.54) is 0 Å². The van der Waals surface area contributed by atoms with Crippen LogP contribution in [0.25, 0.3) is 0 Å². The third-order valence-electron chi connectivity index (χ3n) is 7.13. The number of carbonyl (C=O) groups excluding carboxylic acids is 3. The van der Waals surface area contributed by atoms with Gasteiger partial charge in [-0.3, -0.25) is 14.4 Å². The molecule has 10 heteroatoms. The van der Waals surface area contributed by atoms with E-state index in [-0.39, 0.29) is 30.3 Å². The molecular weight excluding hydrogens is 440 g/mol. The van der Waals surface area contributed by atoms with Crippen LogP contribution in [0.1, 0.15) is 46.3 Å². The predicted molar refractivity (Wildman–Crippen MR) is 121 cm³/mol. The number of hydrogen-bond donors (Lipinski definition) is 2. The van der Waals surface area contributed by atoms with Crippen molar-refractivity contribution in [2.24, 2.45) is 11.8 Å². The van der Waals surface area contributed by atoms with Gasteiger partial charge in [-0.1, -0.05) is 17.3 Å². The summed E-state index contributed by atoms with van der Waals surface area (Å²) in [6, 6.07) is 0.707. The van der Waals surface area contributed by atoms with E-state index in [1.54, 1.807) is 24.8 Å². The summed E-state index contributed by atoms with van der Waals surface area (Å²) < 4.78 is 17.3. The van der Waals surface area contributed by atoms with Gasteiger partial charge in [-0.15, -0.1) is 0 Å². The van der Waals surface area contributed by atoms with Gasteiger partial charge in [0.2, 0.25) is 17.7 Å². The molecule has 1 spiro atoms. The van der Waals surface area contributed by atoms with Crippen molar-refractivity contribution in [3.8, 4) is 0 Å². The molecule has 184 valence electrons. The standard InChI is InChI=1S/C24H32N4O6/c1-13-11-15(27-33-13)25-19(29)16-17-21(31)28(12-14-7-6-10-32-14)18(20(30)26-22(2,3)4)24(17)9-8-23(16,5)34-24/h8-9,11,14,16-18H,6-7,10,12H2,1-5H3,(H,26,30)(H,25,27,29)/t14-,16-,17+,18+,23+,24+/m0/s1. The van der Waals surface area contributed by atoms with Crippen LogP contribution in [0.5, 0.6) is 0 Å². The second kappa shape index (κ2) is 7.64. The molecule has 0 saturated carbocycles. The Hall–Kier alpha value is -2.72. The van der Waals surface area contributed by atoms with E-state index in [2.05, 4.69) is 15.8 Å². The molecule has 5 heterocycles. The predicted octanol–water partition coefficient (Wildman–Crippen LogP) is 1.56. The molecule has 0 aromatic carbocycles. The molecule has 2 bridgehead atoms. The molecule has 3 fully saturated rings. The van der Waals surface area contributed by atoms with Gasteiger partial charge < -0.3 is 29.5 Å². The van der Waals surface area contributed by atoms with Crippen molar-refractivity contribution in [3.05, 3.63) is 24.0 Å². The lowest BCUT2D eigenvalue weighted by Gasteiger charge is -2.35. The van der Waals surface area contributed by atoms with Crippen LogP contribution in [0.2, 0.25) is 0 Å². The van der Waals surface area contributed by atoms with Crippen LogP contribution in [0.3, 0.4) is 0 Å². The molecule has 6 atom stereocenters. The summed E-state index contributed by atoms with van der Waals surface area (Å²) in [5.41, 5.74) is -2.77. The number of ether oxygens (including phenoxy) is 2. The van der Waals surface area contributed by atoms with E-state index in [0.29, 0.717) is 12.4 Å². The quantitative estimate of drug-likeness (QED) is 0.624. The molecule has 3 saturated heterocycles. The Labute approximate surface area is 198 Å². The van der Waals surface area contributed by atoms with E-state index in [1.807, 2.05) is 32.9 Å². The number of hydrogen-bond acceptors (Lipinski definition) is 7. The van der Waals surface area contributed by atoms with Gasteiger partial charge in [0.1, 0.15) is 17.4 Å². The van der Waals surface area contributed by atoms with Crippen molar-refractivity contribution < 1.29 is 28.4 Å². The van der Waals surface area contributed by atoms with Crippen molar-refractivity contribution in [1.82, 2.24) is 15.4 Å².